The van der Waals surface area contributed by atoms with Gasteiger partial charge in [0.2, 0.25) is 5.91 Å². The summed E-state index contributed by atoms with van der Waals surface area (Å²) in [7, 11) is 0. The van der Waals surface area contributed by atoms with Crippen LogP contribution < -0.4 is 5.32 Å². The minimum Gasteiger partial charge on any atom is -0.396 e. The molecule has 17 heavy (non-hydrogen) atoms. The summed E-state index contributed by atoms with van der Waals surface area (Å²) < 4.78 is 0. The average Bonchev–Trinajstić information content (AvgIpc) is 2.30. The minimum atomic E-state index is -0.118. The van der Waals surface area contributed by atoms with Crippen LogP contribution in [0.5, 0.6) is 0 Å². The number of aliphatic hydroxyl groups excluding tert-OH is 1. The van der Waals surface area contributed by atoms with Crippen molar-refractivity contribution in [3.8, 4) is 0 Å². The van der Waals surface area contributed by atoms with E-state index in [1.807, 2.05) is 44.2 Å². The summed E-state index contributed by atoms with van der Waals surface area (Å²) >= 11 is 0. The number of allylic oxidation sites excluding steroid dienone is 1. The zero-order valence-electron chi connectivity index (χ0n) is 10.3. The molecule has 0 spiro atoms. The van der Waals surface area contributed by atoms with Gasteiger partial charge in [0, 0.05) is 18.7 Å². The first-order valence-corrected chi connectivity index (χ1v) is 5.78. The van der Waals surface area contributed by atoms with Gasteiger partial charge in [-0.1, -0.05) is 30.3 Å². The largest absolute Gasteiger partial charge is 0.396 e. The molecule has 0 heterocycles. The summed E-state index contributed by atoms with van der Waals surface area (Å²) in [5, 5.41) is 11.5. The van der Waals surface area contributed by atoms with Crippen LogP contribution in [0.2, 0.25) is 0 Å². The maximum absolute atomic E-state index is 11.6. The molecule has 1 rings (SSSR count). The van der Waals surface area contributed by atoms with Crippen molar-refractivity contribution >= 4 is 11.5 Å². The Morgan fingerprint density at radius 2 is 2.06 bits per heavy atom. The SMILES string of the molecule is C/C(=C/C(=O)NC(C)CCO)c1ccccc1. The lowest BCUT2D eigenvalue weighted by atomic mass is 10.1. The highest BCUT2D eigenvalue weighted by Crippen LogP contribution is 2.12. The number of aliphatic hydroxyl groups is 1. The highest BCUT2D eigenvalue weighted by Gasteiger charge is 2.05. The van der Waals surface area contributed by atoms with E-state index in [1.54, 1.807) is 6.08 Å². The molecule has 92 valence electrons. The van der Waals surface area contributed by atoms with Crippen molar-refractivity contribution in [2.45, 2.75) is 26.3 Å². The highest BCUT2D eigenvalue weighted by molar-refractivity contribution is 5.94. The number of benzene rings is 1. The number of carbonyl (C=O) groups excluding carboxylic acids is 1. The third kappa shape index (κ3) is 4.83. The molecule has 0 aliphatic carbocycles. The maximum Gasteiger partial charge on any atom is 0.244 e. The minimum absolute atomic E-state index is 0.00711. The predicted molar refractivity (Wildman–Crippen MR) is 69.4 cm³/mol. The molecule has 0 bridgehead atoms. The number of rotatable bonds is 5. The van der Waals surface area contributed by atoms with E-state index in [4.69, 9.17) is 5.11 Å². The van der Waals surface area contributed by atoms with Crippen LogP contribution in [0, 0.1) is 0 Å². The predicted octanol–water partition coefficient (Wildman–Crippen LogP) is 1.98. The maximum atomic E-state index is 11.6. The monoisotopic (exact) mass is 233 g/mol. The van der Waals surface area contributed by atoms with Gasteiger partial charge in [0.25, 0.3) is 0 Å². The highest BCUT2D eigenvalue weighted by atomic mass is 16.3. The standard InChI is InChI=1S/C14H19NO2/c1-11(13-6-4-3-5-7-13)10-14(17)15-12(2)8-9-16/h3-7,10,12,16H,8-9H2,1-2H3,(H,15,17)/b11-10-. The Morgan fingerprint density at radius 3 is 2.65 bits per heavy atom. The van der Waals surface area contributed by atoms with Crippen molar-refractivity contribution in [2.24, 2.45) is 0 Å². The first-order chi connectivity index (χ1) is 8.13. The van der Waals surface area contributed by atoms with Crippen molar-refractivity contribution in [3.63, 3.8) is 0 Å². The van der Waals surface area contributed by atoms with E-state index in [1.165, 1.54) is 0 Å². The van der Waals surface area contributed by atoms with Gasteiger partial charge in [-0.2, -0.15) is 0 Å². The topological polar surface area (TPSA) is 49.3 Å². The number of nitrogens with one attached hydrogen (secondary N) is 1. The summed E-state index contributed by atoms with van der Waals surface area (Å²) in [6.45, 7) is 3.87. The van der Waals surface area contributed by atoms with Gasteiger partial charge in [-0.3, -0.25) is 4.79 Å². The summed E-state index contributed by atoms with van der Waals surface area (Å²) in [6.07, 6.45) is 2.16. The molecule has 0 saturated carbocycles. The molecule has 0 saturated heterocycles. The van der Waals surface area contributed by atoms with E-state index in [0.29, 0.717) is 6.42 Å². The van der Waals surface area contributed by atoms with Crippen molar-refractivity contribution in [3.05, 3.63) is 42.0 Å². The van der Waals surface area contributed by atoms with Crippen molar-refractivity contribution in [2.75, 3.05) is 6.61 Å². The van der Waals surface area contributed by atoms with Crippen LogP contribution >= 0.6 is 0 Å². The van der Waals surface area contributed by atoms with Gasteiger partial charge in [-0.15, -0.1) is 0 Å². The van der Waals surface area contributed by atoms with Crippen molar-refractivity contribution < 1.29 is 9.90 Å². The van der Waals surface area contributed by atoms with Crippen molar-refractivity contribution in [1.82, 2.24) is 5.32 Å². The fourth-order valence-electron chi connectivity index (χ4n) is 1.53. The van der Waals surface area contributed by atoms with Gasteiger partial charge in [-0.25, -0.2) is 0 Å². The van der Waals surface area contributed by atoms with Gasteiger partial charge in [-0.05, 0) is 31.4 Å². The number of amides is 1. The van der Waals surface area contributed by atoms with E-state index in [-0.39, 0.29) is 18.6 Å². The molecule has 0 aromatic heterocycles. The fourth-order valence-corrected chi connectivity index (χ4v) is 1.53. The molecule has 2 N–H and O–H groups in total. The normalized spacial score (nSPS) is 13.2. The molecule has 1 aromatic rings. The van der Waals surface area contributed by atoms with E-state index in [2.05, 4.69) is 5.32 Å². The van der Waals surface area contributed by atoms with E-state index >= 15 is 0 Å². The van der Waals surface area contributed by atoms with E-state index in [9.17, 15) is 4.79 Å². The molecular weight excluding hydrogens is 214 g/mol. The summed E-state index contributed by atoms with van der Waals surface area (Å²) in [6, 6.07) is 9.76. The van der Waals surface area contributed by atoms with Gasteiger partial charge in [0.1, 0.15) is 0 Å². The molecule has 1 atom stereocenters. The zero-order chi connectivity index (χ0) is 12.7. The molecule has 1 unspecified atom stereocenters. The molecule has 1 aromatic carbocycles. The fraction of sp³-hybridized carbons (Fsp3) is 0.357. The third-order valence-corrected chi connectivity index (χ3v) is 2.53. The van der Waals surface area contributed by atoms with Crippen LogP contribution in [-0.2, 0) is 4.79 Å². The summed E-state index contributed by atoms with van der Waals surface area (Å²) in [5.41, 5.74) is 1.97. The Morgan fingerprint density at radius 1 is 1.41 bits per heavy atom. The Kier molecular flexibility index (Phi) is 5.43. The molecular formula is C14H19NO2. The summed E-state index contributed by atoms with van der Waals surface area (Å²) in [5.74, 6) is -0.118. The van der Waals surface area contributed by atoms with Crippen molar-refractivity contribution in [1.29, 1.82) is 0 Å². The lowest BCUT2D eigenvalue weighted by molar-refractivity contribution is -0.117. The van der Waals surface area contributed by atoms with E-state index in [0.717, 1.165) is 11.1 Å². The lowest BCUT2D eigenvalue weighted by Crippen LogP contribution is -2.31. The zero-order valence-corrected chi connectivity index (χ0v) is 10.3. The second-order valence-corrected chi connectivity index (χ2v) is 4.12. The average molecular weight is 233 g/mol. The third-order valence-electron chi connectivity index (χ3n) is 2.53. The van der Waals surface area contributed by atoms with Gasteiger partial charge < -0.3 is 10.4 Å². The van der Waals surface area contributed by atoms with Crippen LogP contribution in [0.25, 0.3) is 5.57 Å². The smallest absolute Gasteiger partial charge is 0.244 e. The van der Waals surface area contributed by atoms with Crippen LogP contribution in [0.3, 0.4) is 0 Å². The van der Waals surface area contributed by atoms with Gasteiger partial charge >= 0.3 is 0 Å². The summed E-state index contributed by atoms with van der Waals surface area (Å²) in [4.78, 5) is 11.6. The van der Waals surface area contributed by atoms with Crippen LogP contribution in [0.15, 0.2) is 36.4 Å². The second-order valence-electron chi connectivity index (χ2n) is 4.12. The number of hydrogen-bond acceptors (Lipinski definition) is 2. The van der Waals surface area contributed by atoms with Crippen LogP contribution in [0.1, 0.15) is 25.8 Å². The van der Waals surface area contributed by atoms with Crippen LogP contribution in [0.4, 0.5) is 0 Å². The second kappa shape index (κ2) is 6.86. The first kappa shape index (κ1) is 13.5. The molecule has 3 nitrogen and oxygen atoms in total. The first-order valence-electron chi connectivity index (χ1n) is 5.78. The van der Waals surface area contributed by atoms with Gasteiger partial charge in [0.05, 0.1) is 0 Å². The number of carbonyl (C=O) groups is 1. The quantitative estimate of drug-likeness (QED) is 0.764. The number of hydrogen-bond donors (Lipinski definition) is 2. The molecule has 0 aliphatic heterocycles. The molecule has 0 aliphatic rings. The molecule has 0 fully saturated rings. The molecule has 3 heteroatoms. The molecule has 1 amide bonds. The Labute approximate surface area is 102 Å². The Hall–Kier alpha value is -1.61. The van der Waals surface area contributed by atoms with Crippen LogP contribution in [-0.4, -0.2) is 23.7 Å². The Bertz CT molecular complexity index is 384. The lowest BCUT2D eigenvalue weighted by Gasteiger charge is -2.10. The Balaban J connectivity index is 2.60. The molecule has 0 radical (unpaired) electrons. The van der Waals surface area contributed by atoms with Gasteiger partial charge in [0.15, 0.2) is 0 Å². The van der Waals surface area contributed by atoms with E-state index < -0.39 is 0 Å².